The van der Waals surface area contributed by atoms with Crippen LogP contribution in [0.1, 0.15) is 59.3 Å². The van der Waals surface area contributed by atoms with Crippen molar-refractivity contribution in [2.45, 2.75) is 52.1 Å². The van der Waals surface area contributed by atoms with Gasteiger partial charge >= 0.3 is 14.2 Å². The summed E-state index contributed by atoms with van der Waals surface area (Å²) in [5.74, 6) is 0. The SMILES string of the molecule is C[C@@H](c1ccccc1)N(Cc1ccccc1B(O)O)Cc1c2ccccc2c(CN(Cc2ccccc2B(O)O)[C@@H](C)c2ccccc2)c2ccccc12. The van der Waals surface area contributed by atoms with Crippen LogP contribution in [0.4, 0.5) is 0 Å². The lowest BCUT2D eigenvalue weighted by molar-refractivity contribution is 0.193. The molecule has 0 heterocycles. The molecule has 7 aromatic carbocycles. The van der Waals surface area contributed by atoms with Gasteiger partial charge < -0.3 is 20.1 Å². The van der Waals surface area contributed by atoms with E-state index in [1.54, 1.807) is 12.1 Å². The van der Waals surface area contributed by atoms with Crippen molar-refractivity contribution < 1.29 is 20.1 Å². The van der Waals surface area contributed by atoms with Crippen LogP contribution in [0.3, 0.4) is 0 Å². The number of benzene rings is 7. The van der Waals surface area contributed by atoms with Crippen LogP contribution >= 0.6 is 0 Å². The molecule has 0 spiro atoms. The van der Waals surface area contributed by atoms with Gasteiger partial charge in [-0.15, -0.1) is 0 Å². The Hall–Kier alpha value is -5.05. The third-order valence-corrected chi connectivity index (χ3v) is 10.9. The lowest BCUT2D eigenvalue weighted by Crippen LogP contribution is -2.36. The fourth-order valence-electron chi connectivity index (χ4n) is 7.90. The first-order valence-electron chi connectivity index (χ1n) is 18.7. The van der Waals surface area contributed by atoms with E-state index in [1.165, 1.54) is 43.8 Å². The summed E-state index contributed by atoms with van der Waals surface area (Å²) in [5, 5.41) is 45.9. The second-order valence-electron chi connectivity index (χ2n) is 14.2. The summed E-state index contributed by atoms with van der Waals surface area (Å²) in [6.07, 6.45) is 0. The maximum atomic E-state index is 10.3. The first-order valence-corrected chi connectivity index (χ1v) is 18.7. The van der Waals surface area contributed by atoms with Crippen LogP contribution < -0.4 is 10.9 Å². The van der Waals surface area contributed by atoms with E-state index in [1.807, 2.05) is 48.5 Å². The first-order chi connectivity index (χ1) is 26.3. The highest BCUT2D eigenvalue weighted by Gasteiger charge is 2.26. The van der Waals surface area contributed by atoms with Gasteiger partial charge in [-0.1, -0.05) is 158 Å². The highest BCUT2D eigenvalue weighted by atomic mass is 16.4. The Labute approximate surface area is 318 Å². The molecule has 0 bridgehead atoms. The van der Waals surface area contributed by atoms with Crippen molar-refractivity contribution in [1.82, 2.24) is 9.80 Å². The number of hydrogen-bond acceptors (Lipinski definition) is 6. The smallest absolute Gasteiger partial charge is 0.423 e. The molecule has 8 heteroatoms. The lowest BCUT2D eigenvalue weighted by atomic mass is 9.77. The molecule has 0 unspecified atom stereocenters. The number of fused-ring (bicyclic) bond motifs is 2. The van der Waals surface area contributed by atoms with Gasteiger partial charge in [0.15, 0.2) is 0 Å². The Balaban J connectivity index is 1.36. The molecule has 0 aliphatic carbocycles. The van der Waals surface area contributed by atoms with Crippen molar-refractivity contribution in [1.29, 1.82) is 0 Å². The molecule has 0 aromatic heterocycles. The van der Waals surface area contributed by atoms with Crippen molar-refractivity contribution in [3.63, 3.8) is 0 Å². The molecule has 0 saturated heterocycles. The van der Waals surface area contributed by atoms with Gasteiger partial charge in [-0.05, 0) is 79.7 Å². The summed E-state index contributed by atoms with van der Waals surface area (Å²) in [6.45, 7) is 6.73. The molecule has 0 radical (unpaired) electrons. The summed E-state index contributed by atoms with van der Waals surface area (Å²) < 4.78 is 0. The van der Waals surface area contributed by atoms with Crippen molar-refractivity contribution in [3.05, 3.63) is 191 Å². The van der Waals surface area contributed by atoms with Gasteiger partial charge in [0, 0.05) is 38.3 Å². The normalized spacial score (nSPS) is 12.7. The van der Waals surface area contributed by atoms with Crippen molar-refractivity contribution in [2.24, 2.45) is 0 Å². The summed E-state index contributed by atoms with van der Waals surface area (Å²) in [5.41, 5.74) is 7.56. The molecule has 54 heavy (non-hydrogen) atoms. The molecule has 0 amide bonds. The molecular weight excluding hydrogens is 666 g/mol. The zero-order chi connectivity index (χ0) is 37.6. The van der Waals surface area contributed by atoms with Crippen molar-refractivity contribution in [3.8, 4) is 0 Å². The predicted octanol–water partition coefficient (Wildman–Crippen LogP) is 6.88. The minimum Gasteiger partial charge on any atom is -0.423 e. The van der Waals surface area contributed by atoms with Gasteiger partial charge in [-0.2, -0.15) is 0 Å². The zero-order valence-electron chi connectivity index (χ0n) is 30.8. The Morgan fingerprint density at radius 3 is 1.02 bits per heavy atom. The Bertz CT molecular complexity index is 2100. The van der Waals surface area contributed by atoms with Crippen LogP contribution in [0.2, 0.25) is 0 Å². The third kappa shape index (κ3) is 8.05. The van der Waals surface area contributed by atoms with Gasteiger partial charge in [0.2, 0.25) is 0 Å². The van der Waals surface area contributed by atoms with Crippen LogP contribution in [0.5, 0.6) is 0 Å². The first kappa shape index (κ1) is 37.3. The van der Waals surface area contributed by atoms with E-state index in [9.17, 15) is 20.1 Å². The van der Waals surface area contributed by atoms with E-state index in [2.05, 4.69) is 121 Å². The average molecular weight is 713 g/mol. The molecule has 0 aliphatic heterocycles. The van der Waals surface area contributed by atoms with Gasteiger partial charge in [0.25, 0.3) is 0 Å². The summed E-state index contributed by atoms with van der Waals surface area (Å²) in [4.78, 5) is 4.84. The molecule has 7 aromatic rings. The minimum atomic E-state index is -1.56. The van der Waals surface area contributed by atoms with Crippen LogP contribution in [0, 0.1) is 0 Å². The molecule has 2 atom stereocenters. The molecule has 0 fully saturated rings. The zero-order valence-corrected chi connectivity index (χ0v) is 30.8. The highest BCUT2D eigenvalue weighted by Crippen LogP contribution is 2.38. The quantitative estimate of drug-likeness (QED) is 0.0727. The summed E-state index contributed by atoms with van der Waals surface area (Å²) >= 11 is 0. The Morgan fingerprint density at radius 1 is 0.389 bits per heavy atom. The molecule has 0 aliphatic rings. The molecule has 270 valence electrons. The highest BCUT2D eigenvalue weighted by molar-refractivity contribution is 6.59. The predicted molar refractivity (Wildman–Crippen MR) is 222 cm³/mol. The van der Waals surface area contributed by atoms with Gasteiger partial charge in [0.1, 0.15) is 0 Å². The van der Waals surface area contributed by atoms with Gasteiger partial charge in [0.05, 0.1) is 0 Å². The Morgan fingerprint density at radius 2 is 0.685 bits per heavy atom. The number of hydrogen-bond donors (Lipinski definition) is 4. The second-order valence-corrected chi connectivity index (χ2v) is 14.2. The van der Waals surface area contributed by atoms with E-state index < -0.39 is 14.2 Å². The summed E-state index contributed by atoms with van der Waals surface area (Å²) in [7, 11) is -3.13. The van der Waals surface area contributed by atoms with Crippen LogP contribution in [-0.4, -0.2) is 44.1 Å². The lowest BCUT2D eigenvalue weighted by Gasteiger charge is -2.33. The molecule has 7 rings (SSSR count). The van der Waals surface area contributed by atoms with E-state index in [0.29, 0.717) is 37.1 Å². The molecule has 4 N–H and O–H groups in total. The van der Waals surface area contributed by atoms with E-state index in [0.717, 1.165) is 11.1 Å². The minimum absolute atomic E-state index is 0.0245. The van der Waals surface area contributed by atoms with E-state index in [-0.39, 0.29) is 12.1 Å². The van der Waals surface area contributed by atoms with Crippen LogP contribution in [0.25, 0.3) is 21.5 Å². The fourth-order valence-corrected chi connectivity index (χ4v) is 7.90. The van der Waals surface area contributed by atoms with E-state index in [4.69, 9.17) is 0 Å². The maximum Gasteiger partial charge on any atom is 0.488 e. The largest absolute Gasteiger partial charge is 0.488 e. The van der Waals surface area contributed by atoms with Gasteiger partial charge in [-0.25, -0.2) is 0 Å². The van der Waals surface area contributed by atoms with Crippen LogP contribution in [0.15, 0.2) is 158 Å². The van der Waals surface area contributed by atoms with E-state index >= 15 is 0 Å². The fraction of sp³-hybridized carbons (Fsp3) is 0.174. The second kappa shape index (κ2) is 17.0. The number of nitrogens with zero attached hydrogens (tertiary/aromatic N) is 2. The monoisotopic (exact) mass is 712 g/mol. The topological polar surface area (TPSA) is 87.4 Å². The summed E-state index contributed by atoms with van der Waals surface area (Å²) in [6, 6.07) is 53.4. The molecule has 0 saturated carbocycles. The average Bonchev–Trinajstić information content (AvgIpc) is 3.21. The van der Waals surface area contributed by atoms with Crippen LogP contribution in [-0.2, 0) is 26.2 Å². The molecule has 6 nitrogen and oxygen atoms in total. The molecular formula is C46H46B2N2O4. The van der Waals surface area contributed by atoms with Crippen molar-refractivity contribution >= 4 is 46.7 Å². The Kier molecular flexibility index (Phi) is 11.7. The number of rotatable bonds is 14. The maximum absolute atomic E-state index is 10.3. The third-order valence-electron chi connectivity index (χ3n) is 10.9. The van der Waals surface area contributed by atoms with Gasteiger partial charge in [-0.3, -0.25) is 9.80 Å². The standard InChI is InChI=1S/C46H46B2N2O4/c1-33(35-17-5-3-6-18-35)49(29-37-21-9-15-27-45(37)47(51)52)31-43-39-23-11-13-25-41(39)44(42-26-14-12-24-40(42)43)32-50(34(2)36-19-7-4-8-20-36)30-38-22-10-16-28-46(38)48(53)54/h3-28,33-34,51-54H,29-32H2,1-2H3/t33-,34-/m0/s1. The van der Waals surface area contributed by atoms with Crippen molar-refractivity contribution in [2.75, 3.05) is 0 Å².